The maximum absolute atomic E-state index is 13.7. The fraction of sp³-hybridized carbons (Fsp3) is 0.136. The average molecular weight is 395 g/mol. The van der Waals surface area contributed by atoms with Crippen molar-refractivity contribution in [3.63, 3.8) is 0 Å². The lowest BCUT2D eigenvalue weighted by Gasteiger charge is -2.13. The molecule has 0 unspecified atom stereocenters. The molecule has 0 spiro atoms. The topological polar surface area (TPSA) is 71.1 Å². The molecule has 0 fully saturated rings. The van der Waals surface area contributed by atoms with E-state index in [1.54, 1.807) is 6.07 Å². The molecule has 2 aromatic carbocycles. The lowest BCUT2D eigenvalue weighted by molar-refractivity contribution is 0.102. The number of aromatic nitrogens is 1. The van der Waals surface area contributed by atoms with Crippen molar-refractivity contribution in [3.05, 3.63) is 89.2 Å². The van der Waals surface area contributed by atoms with Gasteiger partial charge in [0.25, 0.3) is 11.8 Å². The third-order valence-corrected chi connectivity index (χ3v) is 4.27. The molecule has 148 valence electrons. The van der Waals surface area contributed by atoms with Crippen molar-refractivity contribution in [1.82, 2.24) is 4.98 Å². The Morgan fingerprint density at radius 2 is 1.62 bits per heavy atom. The highest BCUT2D eigenvalue weighted by Crippen LogP contribution is 2.24. The first-order valence-corrected chi connectivity index (χ1v) is 8.98. The van der Waals surface area contributed by atoms with Crippen LogP contribution in [-0.2, 0) is 0 Å². The van der Waals surface area contributed by atoms with E-state index < -0.39 is 23.4 Å². The summed E-state index contributed by atoms with van der Waals surface area (Å²) in [5, 5.41) is 5.16. The van der Waals surface area contributed by atoms with E-state index in [1.807, 2.05) is 32.0 Å². The summed E-state index contributed by atoms with van der Waals surface area (Å²) < 4.78 is 26.7. The van der Waals surface area contributed by atoms with E-state index in [-0.39, 0.29) is 22.9 Å². The minimum Gasteiger partial charge on any atom is -0.320 e. The van der Waals surface area contributed by atoms with Gasteiger partial charge in [-0.15, -0.1) is 0 Å². The first-order chi connectivity index (χ1) is 13.8. The maximum atomic E-state index is 13.7. The number of amides is 2. The number of carbonyl (C=O) groups excluding carboxylic acids is 2. The molecule has 5 nitrogen and oxygen atoms in total. The molecule has 0 bridgehead atoms. The molecular formula is C22H19F2N3O2. The predicted molar refractivity (Wildman–Crippen MR) is 107 cm³/mol. The SMILES string of the molecule is CC(C)c1ccccc1NC(=O)c1cc(C(=O)Nc2ccc(F)cc2F)ccn1. The largest absolute Gasteiger partial charge is 0.320 e. The number of nitrogens with zero attached hydrogens (tertiary/aromatic N) is 1. The Morgan fingerprint density at radius 1 is 0.897 bits per heavy atom. The van der Waals surface area contributed by atoms with Crippen LogP contribution in [0.3, 0.4) is 0 Å². The third kappa shape index (κ3) is 4.82. The molecule has 1 heterocycles. The molecule has 7 heteroatoms. The Morgan fingerprint density at radius 3 is 2.34 bits per heavy atom. The van der Waals surface area contributed by atoms with Gasteiger partial charge in [0, 0.05) is 23.5 Å². The number of rotatable bonds is 5. The van der Waals surface area contributed by atoms with E-state index in [1.165, 1.54) is 18.3 Å². The number of hydrogen-bond donors (Lipinski definition) is 2. The maximum Gasteiger partial charge on any atom is 0.274 e. The van der Waals surface area contributed by atoms with Gasteiger partial charge in [-0.3, -0.25) is 14.6 Å². The molecule has 2 amide bonds. The predicted octanol–water partition coefficient (Wildman–Crippen LogP) is 4.99. The zero-order valence-electron chi connectivity index (χ0n) is 15.9. The van der Waals surface area contributed by atoms with E-state index in [4.69, 9.17) is 0 Å². The quantitative estimate of drug-likeness (QED) is 0.640. The summed E-state index contributed by atoms with van der Waals surface area (Å²) in [5.74, 6) is -2.54. The van der Waals surface area contributed by atoms with Crippen LogP contribution in [0.15, 0.2) is 60.8 Å². The van der Waals surface area contributed by atoms with Crippen LogP contribution in [0.25, 0.3) is 0 Å². The summed E-state index contributed by atoms with van der Waals surface area (Å²) >= 11 is 0. The summed E-state index contributed by atoms with van der Waals surface area (Å²) in [6, 6.07) is 13.0. The smallest absolute Gasteiger partial charge is 0.274 e. The molecule has 0 radical (unpaired) electrons. The van der Waals surface area contributed by atoms with Crippen molar-refractivity contribution in [2.75, 3.05) is 10.6 Å². The Kier molecular flexibility index (Phi) is 5.97. The molecule has 29 heavy (non-hydrogen) atoms. The van der Waals surface area contributed by atoms with Crippen LogP contribution in [0.2, 0.25) is 0 Å². The van der Waals surface area contributed by atoms with Crippen molar-refractivity contribution in [3.8, 4) is 0 Å². The van der Waals surface area contributed by atoms with Gasteiger partial charge in [-0.1, -0.05) is 32.0 Å². The molecule has 3 aromatic rings. The third-order valence-electron chi connectivity index (χ3n) is 4.27. The molecule has 0 saturated heterocycles. The number of anilines is 2. The Hall–Kier alpha value is -3.61. The minimum absolute atomic E-state index is 0.0378. The summed E-state index contributed by atoms with van der Waals surface area (Å²) in [7, 11) is 0. The van der Waals surface area contributed by atoms with Gasteiger partial charge in [-0.2, -0.15) is 0 Å². The zero-order valence-corrected chi connectivity index (χ0v) is 15.9. The number of carbonyl (C=O) groups is 2. The van der Waals surface area contributed by atoms with Crippen molar-refractivity contribution in [1.29, 1.82) is 0 Å². The first-order valence-electron chi connectivity index (χ1n) is 8.98. The highest BCUT2D eigenvalue weighted by atomic mass is 19.1. The lowest BCUT2D eigenvalue weighted by atomic mass is 10.0. The molecule has 2 N–H and O–H groups in total. The van der Waals surface area contributed by atoms with Gasteiger partial charge in [0.15, 0.2) is 0 Å². The monoisotopic (exact) mass is 395 g/mol. The van der Waals surface area contributed by atoms with Crippen LogP contribution in [-0.4, -0.2) is 16.8 Å². The van der Waals surface area contributed by atoms with Crippen molar-refractivity contribution in [2.45, 2.75) is 19.8 Å². The highest BCUT2D eigenvalue weighted by molar-refractivity contribution is 6.08. The van der Waals surface area contributed by atoms with Crippen LogP contribution in [0.1, 0.15) is 46.2 Å². The van der Waals surface area contributed by atoms with Crippen LogP contribution >= 0.6 is 0 Å². The van der Waals surface area contributed by atoms with Crippen LogP contribution in [0.5, 0.6) is 0 Å². The van der Waals surface area contributed by atoms with Gasteiger partial charge < -0.3 is 10.6 Å². The van der Waals surface area contributed by atoms with Gasteiger partial charge in [0.2, 0.25) is 0 Å². The lowest BCUT2D eigenvalue weighted by Crippen LogP contribution is -2.18. The Balaban J connectivity index is 1.78. The van der Waals surface area contributed by atoms with E-state index in [0.29, 0.717) is 11.8 Å². The summed E-state index contributed by atoms with van der Waals surface area (Å²) in [6.07, 6.45) is 1.32. The molecular weight excluding hydrogens is 376 g/mol. The molecule has 0 saturated carbocycles. The van der Waals surface area contributed by atoms with Gasteiger partial charge in [-0.25, -0.2) is 8.78 Å². The second-order valence-corrected chi connectivity index (χ2v) is 6.70. The van der Waals surface area contributed by atoms with Gasteiger partial charge in [0.1, 0.15) is 17.3 Å². The number of pyridine rings is 1. The van der Waals surface area contributed by atoms with Gasteiger partial charge in [0.05, 0.1) is 5.69 Å². The molecule has 0 aliphatic carbocycles. The normalized spacial score (nSPS) is 10.7. The van der Waals surface area contributed by atoms with E-state index in [2.05, 4.69) is 15.6 Å². The number of halogens is 2. The van der Waals surface area contributed by atoms with E-state index >= 15 is 0 Å². The standard InChI is InChI=1S/C22H19F2N3O2/c1-13(2)16-5-3-4-6-18(16)26-22(29)20-11-14(9-10-25-20)21(28)27-19-8-7-15(23)12-17(19)24/h3-13H,1-2H3,(H,26,29)(H,27,28). The van der Waals surface area contributed by atoms with Crippen LogP contribution < -0.4 is 10.6 Å². The average Bonchev–Trinajstić information content (AvgIpc) is 2.70. The molecule has 1 aromatic heterocycles. The Labute approximate surface area is 166 Å². The van der Waals surface area contributed by atoms with Crippen molar-refractivity contribution < 1.29 is 18.4 Å². The molecule has 0 aliphatic rings. The minimum atomic E-state index is -0.893. The highest BCUT2D eigenvalue weighted by Gasteiger charge is 2.15. The van der Waals surface area contributed by atoms with Crippen molar-refractivity contribution >= 4 is 23.2 Å². The summed E-state index contributed by atoms with van der Waals surface area (Å²) in [4.78, 5) is 29.0. The second kappa shape index (κ2) is 8.60. The van der Waals surface area contributed by atoms with Crippen molar-refractivity contribution in [2.24, 2.45) is 0 Å². The molecule has 0 atom stereocenters. The summed E-state index contributed by atoms with van der Waals surface area (Å²) in [6.45, 7) is 4.03. The first kappa shape index (κ1) is 20.1. The number of nitrogens with one attached hydrogen (secondary N) is 2. The van der Waals surface area contributed by atoms with Crippen LogP contribution in [0, 0.1) is 11.6 Å². The molecule has 3 rings (SSSR count). The number of benzene rings is 2. The van der Waals surface area contributed by atoms with E-state index in [0.717, 1.165) is 17.7 Å². The van der Waals surface area contributed by atoms with E-state index in [9.17, 15) is 18.4 Å². The number of para-hydroxylation sites is 1. The second-order valence-electron chi connectivity index (χ2n) is 6.70. The van der Waals surface area contributed by atoms with Gasteiger partial charge in [-0.05, 0) is 41.8 Å². The Bertz CT molecular complexity index is 1070. The van der Waals surface area contributed by atoms with Gasteiger partial charge >= 0.3 is 0 Å². The number of hydrogen-bond acceptors (Lipinski definition) is 3. The zero-order chi connectivity index (χ0) is 21.0. The fourth-order valence-corrected chi connectivity index (χ4v) is 2.78. The molecule has 0 aliphatic heterocycles. The van der Waals surface area contributed by atoms with Crippen LogP contribution in [0.4, 0.5) is 20.2 Å². The fourth-order valence-electron chi connectivity index (χ4n) is 2.78. The summed E-state index contributed by atoms with van der Waals surface area (Å²) in [5.41, 5.74) is 1.63.